The van der Waals surface area contributed by atoms with Crippen LogP contribution in [0.2, 0.25) is 0 Å². The zero-order valence-corrected chi connectivity index (χ0v) is 9.23. The van der Waals surface area contributed by atoms with Crippen LogP contribution in [0, 0.1) is 6.92 Å². The van der Waals surface area contributed by atoms with Crippen LogP contribution in [-0.2, 0) is 4.79 Å². The highest BCUT2D eigenvalue weighted by Crippen LogP contribution is 2.32. The van der Waals surface area contributed by atoms with Crippen LogP contribution < -0.4 is 9.47 Å². The van der Waals surface area contributed by atoms with Gasteiger partial charge in [-0.3, -0.25) is 4.79 Å². The van der Waals surface area contributed by atoms with Gasteiger partial charge in [0.2, 0.25) is 0 Å². The topological polar surface area (TPSA) is 72.8 Å². The fourth-order valence-corrected chi connectivity index (χ4v) is 1.42. The van der Waals surface area contributed by atoms with Gasteiger partial charge >= 0.3 is 5.97 Å². The number of methoxy groups -OCH3 is 2. The molecule has 0 aliphatic heterocycles. The van der Waals surface area contributed by atoms with Crippen molar-refractivity contribution < 1.29 is 24.2 Å². The second-order valence-corrected chi connectivity index (χ2v) is 3.13. The van der Waals surface area contributed by atoms with Crippen molar-refractivity contribution in [3.05, 3.63) is 23.3 Å². The molecule has 1 aromatic rings. The average molecular weight is 224 g/mol. The summed E-state index contributed by atoms with van der Waals surface area (Å²) in [5, 5.41) is 8.71. The molecule has 0 aliphatic rings. The molecule has 1 rings (SSSR count). The Balaban J connectivity index is 3.48. The van der Waals surface area contributed by atoms with E-state index in [1.165, 1.54) is 20.3 Å². The van der Waals surface area contributed by atoms with Gasteiger partial charge in [-0.25, -0.2) is 4.79 Å². The smallest absolute Gasteiger partial charge is 0.377 e. The Morgan fingerprint density at radius 3 is 2.25 bits per heavy atom. The summed E-state index contributed by atoms with van der Waals surface area (Å²) in [5.74, 6) is -2.17. The van der Waals surface area contributed by atoms with E-state index in [9.17, 15) is 9.59 Å². The van der Waals surface area contributed by atoms with Crippen molar-refractivity contribution in [3.63, 3.8) is 0 Å². The van der Waals surface area contributed by atoms with Gasteiger partial charge in [-0.15, -0.1) is 0 Å². The Morgan fingerprint density at radius 1 is 1.19 bits per heavy atom. The van der Waals surface area contributed by atoms with Gasteiger partial charge in [0, 0.05) is 0 Å². The zero-order valence-electron chi connectivity index (χ0n) is 9.23. The fraction of sp³-hybridized carbons (Fsp3) is 0.273. The van der Waals surface area contributed by atoms with Gasteiger partial charge in [0.15, 0.2) is 0 Å². The summed E-state index contributed by atoms with van der Waals surface area (Å²) >= 11 is 0. The molecule has 0 fully saturated rings. The molecule has 0 atom stereocenters. The van der Waals surface area contributed by atoms with Gasteiger partial charge in [-0.05, 0) is 18.6 Å². The summed E-state index contributed by atoms with van der Waals surface area (Å²) < 4.78 is 9.98. The molecule has 0 unspecified atom stereocenters. The molecule has 0 heterocycles. The number of Topliss-reactive ketones (excluding diaryl/α,β-unsaturated/α-hetero) is 1. The molecule has 86 valence electrons. The molecule has 0 saturated heterocycles. The molecule has 5 heteroatoms. The maximum absolute atomic E-state index is 11.5. The lowest BCUT2D eigenvalue weighted by atomic mass is 10.0. The molecular formula is C11H12O5. The quantitative estimate of drug-likeness (QED) is 0.616. The van der Waals surface area contributed by atoms with E-state index in [1.54, 1.807) is 13.0 Å². The Labute approximate surface area is 92.6 Å². The number of carboxylic acids is 1. The van der Waals surface area contributed by atoms with E-state index in [1.807, 2.05) is 0 Å². The van der Waals surface area contributed by atoms with Crippen LogP contribution in [0.4, 0.5) is 0 Å². The molecule has 5 nitrogen and oxygen atoms in total. The summed E-state index contributed by atoms with van der Waals surface area (Å²) in [5.41, 5.74) is 0.616. The standard InChI is InChI=1S/C11H12O5/c1-6-4-5-7(15-2)8(10(6)16-3)9(12)11(13)14/h4-5H,1-3H3,(H,13,14). The number of aliphatic carboxylic acids is 1. The summed E-state index contributed by atoms with van der Waals surface area (Å²) in [4.78, 5) is 22.2. The number of benzene rings is 1. The second-order valence-electron chi connectivity index (χ2n) is 3.13. The number of ketones is 1. The number of ether oxygens (including phenoxy) is 2. The van der Waals surface area contributed by atoms with Gasteiger partial charge < -0.3 is 14.6 Å². The number of rotatable bonds is 4. The molecule has 16 heavy (non-hydrogen) atoms. The van der Waals surface area contributed by atoms with E-state index >= 15 is 0 Å². The largest absolute Gasteiger partial charge is 0.496 e. The van der Waals surface area contributed by atoms with Crippen LogP contribution in [0.15, 0.2) is 12.1 Å². The SMILES string of the molecule is COc1ccc(C)c(OC)c1C(=O)C(=O)O. The minimum Gasteiger partial charge on any atom is -0.496 e. The number of carbonyl (C=O) groups is 2. The van der Waals surface area contributed by atoms with Crippen molar-refractivity contribution in [2.24, 2.45) is 0 Å². The average Bonchev–Trinajstić information content (AvgIpc) is 2.27. The van der Waals surface area contributed by atoms with Gasteiger partial charge in [0.1, 0.15) is 17.1 Å². The molecule has 0 spiro atoms. The minimum atomic E-state index is -1.54. The molecular weight excluding hydrogens is 212 g/mol. The van der Waals surface area contributed by atoms with Crippen LogP contribution in [0.3, 0.4) is 0 Å². The molecule has 1 aromatic carbocycles. The molecule has 0 aromatic heterocycles. The Hall–Kier alpha value is -2.04. The maximum atomic E-state index is 11.5. The lowest BCUT2D eigenvalue weighted by molar-refractivity contribution is -0.131. The highest BCUT2D eigenvalue weighted by Gasteiger charge is 2.25. The molecule has 0 aliphatic carbocycles. The van der Waals surface area contributed by atoms with Gasteiger partial charge in [0.25, 0.3) is 5.78 Å². The zero-order chi connectivity index (χ0) is 12.3. The summed E-state index contributed by atoms with van der Waals surface area (Å²) in [6.45, 7) is 1.72. The van der Waals surface area contributed by atoms with Gasteiger partial charge in [-0.2, -0.15) is 0 Å². The number of aryl methyl sites for hydroxylation is 1. The van der Waals surface area contributed by atoms with Crippen molar-refractivity contribution in [1.82, 2.24) is 0 Å². The van der Waals surface area contributed by atoms with Crippen LogP contribution in [0.5, 0.6) is 11.5 Å². The van der Waals surface area contributed by atoms with Gasteiger partial charge in [0.05, 0.1) is 14.2 Å². The Morgan fingerprint density at radius 2 is 1.81 bits per heavy atom. The number of carboxylic acid groups (broad SMARTS) is 1. The third-order valence-corrected chi connectivity index (χ3v) is 2.16. The first kappa shape index (κ1) is 12.0. The van der Waals surface area contributed by atoms with E-state index in [-0.39, 0.29) is 17.1 Å². The van der Waals surface area contributed by atoms with Crippen LogP contribution in [0.1, 0.15) is 15.9 Å². The van der Waals surface area contributed by atoms with E-state index in [2.05, 4.69) is 0 Å². The lowest BCUT2D eigenvalue weighted by Crippen LogP contribution is -2.15. The van der Waals surface area contributed by atoms with Crippen LogP contribution >= 0.6 is 0 Å². The van der Waals surface area contributed by atoms with Crippen molar-refractivity contribution in [2.45, 2.75) is 6.92 Å². The molecule has 1 N–H and O–H groups in total. The van der Waals surface area contributed by atoms with E-state index in [0.717, 1.165) is 0 Å². The highest BCUT2D eigenvalue weighted by molar-refractivity contribution is 6.41. The summed E-state index contributed by atoms with van der Waals surface area (Å²) in [6, 6.07) is 3.23. The van der Waals surface area contributed by atoms with Crippen molar-refractivity contribution in [2.75, 3.05) is 14.2 Å². The third kappa shape index (κ3) is 1.98. The predicted octanol–water partition coefficient (Wildman–Crippen LogP) is 1.28. The lowest BCUT2D eigenvalue weighted by Gasteiger charge is -2.12. The van der Waals surface area contributed by atoms with Crippen molar-refractivity contribution >= 4 is 11.8 Å². The first-order valence-electron chi connectivity index (χ1n) is 4.52. The van der Waals surface area contributed by atoms with Crippen molar-refractivity contribution in [3.8, 4) is 11.5 Å². The van der Waals surface area contributed by atoms with Crippen molar-refractivity contribution in [1.29, 1.82) is 0 Å². The molecule has 0 amide bonds. The minimum absolute atomic E-state index is 0.0579. The van der Waals surface area contributed by atoms with E-state index in [0.29, 0.717) is 5.56 Å². The number of carbonyl (C=O) groups excluding carboxylic acids is 1. The van der Waals surface area contributed by atoms with E-state index in [4.69, 9.17) is 14.6 Å². The highest BCUT2D eigenvalue weighted by atomic mass is 16.5. The summed E-state index contributed by atoms with van der Waals surface area (Å²) in [7, 11) is 2.74. The first-order chi connectivity index (χ1) is 7.52. The van der Waals surface area contributed by atoms with Crippen LogP contribution in [-0.4, -0.2) is 31.1 Å². The monoisotopic (exact) mass is 224 g/mol. The molecule has 0 bridgehead atoms. The Bertz CT molecular complexity index is 436. The summed E-state index contributed by atoms with van der Waals surface area (Å²) in [6.07, 6.45) is 0. The first-order valence-corrected chi connectivity index (χ1v) is 4.52. The fourth-order valence-electron chi connectivity index (χ4n) is 1.42. The normalized spacial score (nSPS) is 9.69. The van der Waals surface area contributed by atoms with Gasteiger partial charge in [-0.1, -0.05) is 6.07 Å². The van der Waals surface area contributed by atoms with E-state index < -0.39 is 11.8 Å². The third-order valence-electron chi connectivity index (χ3n) is 2.16. The molecule has 0 saturated carbocycles. The Kier molecular flexibility index (Phi) is 3.50. The predicted molar refractivity (Wildman–Crippen MR) is 56.2 cm³/mol. The molecule has 0 radical (unpaired) electrons. The number of hydrogen-bond donors (Lipinski definition) is 1. The number of hydrogen-bond acceptors (Lipinski definition) is 4. The van der Waals surface area contributed by atoms with Crippen LogP contribution in [0.25, 0.3) is 0 Å². The second kappa shape index (κ2) is 4.65. The maximum Gasteiger partial charge on any atom is 0.377 e.